The molecular formula is C15H11ClOS. The molecule has 0 fully saturated rings. The van der Waals surface area contributed by atoms with Gasteiger partial charge in [-0.25, -0.2) is 0 Å². The van der Waals surface area contributed by atoms with Crippen LogP contribution >= 0.6 is 23.4 Å². The lowest BCUT2D eigenvalue weighted by Gasteiger charge is -2.00. The summed E-state index contributed by atoms with van der Waals surface area (Å²) in [5, 5.41) is 1.96. The Balaban J connectivity index is 1.81. The predicted molar refractivity (Wildman–Crippen MR) is 77.2 cm³/mol. The smallest absolute Gasteiger partial charge is 0.134 e. The van der Waals surface area contributed by atoms with Crippen molar-refractivity contribution in [2.24, 2.45) is 0 Å². The number of para-hydroxylation sites is 1. The van der Waals surface area contributed by atoms with Gasteiger partial charge in [-0.05, 0) is 24.3 Å². The molecule has 2 aromatic carbocycles. The maximum Gasteiger partial charge on any atom is 0.134 e. The van der Waals surface area contributed by atoms with Crippen molar-refractivity contribution >= 4 is 34.3 Å². The van der Waals surface area contributed by atoms with Crippen LogP contribution in [-0.2, 0) is 5.75 Å². The first-order valence-electron chi connectivity index (χ1n) is 5.66. The molecule has 1 nitrogen and oxygen atoms in total. The molecule has 0 saturated carbocycles. The number of thioether (sulfide) groups is 1. The third kappa shape index (κ3) is 2.40. The average Bonchev–Trinajstić information content (AvgIpc) is 2.80. The molecule has 3 aromatic rings. The van der Waals surface area contributed by atoms with E-state index in [0.717, 1.165) is 16.4 Å². The number of hydrogen-bond donors (Lipinski definition) is 0. The molecule has 3 heteroatoms. The molecule has 0 bridgehead atoms. The Labute approximate surface area is 115 Å². The third-order valence-corrected chi connectivity index (χ3v) is 4.03. The topological polar surface area (TPSA) is 13.1 Å². The molecule has 1 heterocycles. The first-order valence-corrected chi connectivity index (χ1v) is 7.03. The fourth-order valence-corrected chi connectivity index (χ4v) is 3.05. The van der Waals surface area contributed by atoms with Gasteiger partial charge < -0.3 is 4.42 Å². The standard InChI is InChI=1S/C15H11ClOS/c16-12-4-3-5-13(8-12)18-10-11-9-17-15-7-2-1-6-14(11)15/h1-9H,10H2. The lowest BCUT2D eigenvalue weighted by Crippen LogP contribution is -1.78. The number of halogens is 1. The summed E-state index contributed by atoms with van der Waals surface area (Å²) in [5.74, 6) is 0.886. The van der Waals surface area contributed by atoms with Crippen molar-refractivity contribution in [2.45, 2.75) is 10.6 Å². The van der Waals surface area contributed by atoms with Crippen molar-refractivity contribution in [1.29, 1.82) is 0 Å². The maximum atomic E-state index is 5.97. The van der Waals surface area contributed by atoms with Crippen molar-refractivity contribution in [1.82, 2.24) is 0 Å². The van der Waals surface area contributed by atoms with Crippen molar-refractivity contribution in [2.75, 3.05) is 0 Å². The molecule has 18 heavy (non-hydrogen) atoms. The molecule has 0 aliphatic rings. The minimum Gasteiger partial charge on any atom is -0.464 e. The molecule has 1 aromatic heterocycles. The van der Waals surface area contributed by atoms with E-state index in [1.165, 1.54) is 15.8 Å². The second-order valence-electron chi connectivity index (χ2n) is 4.00. The Kier molecular flexibility index (Phi) is 3.31. The van der Waals surface area contributed by atoms with Crippen LogP contribution in [0.1, 0.15) is 5.56 Å². The summed E-state index contributed by atoms with van der Waals surface area (Å²) in [5.41, 5.74) is 2.16. The Morgan fingerprint density at radius 3 is 2.83 bits per heavy atom. The van der Waals surface area contributed by atoms with Gasteiger partial charge >= 0.3 is 0 Å². The SMILES string of the molecule is Clc1cccc(SCc2coc3ccccc23)c1. The quantitative estimate of drug-likeness (QED) is 0.595. The molecule has 0 unspecified atom stereocenters. The highest BCUT2D eigenvalue weighted by atomic mass is 35.5. The number of benzene rings is 2. The number of rotatable bonds is 3. The summed E-state index contributed by atoms with van der Waals surface area (Å²) < 4.78 is 5.52. The summed E-state index contributed by atoms with van der Waals surface area (Å²) in [4.78, 5) is 1.17. The van der Waals surface area contributed by atoms with E-state index in [1.54, 1.807) is 11.8 Å². The summed E-state index contributed by atoms with van der Waals surface area (Å²) in [7, 11) is 0. The van der Waals surface area contributed by atoms with Gasteiger partial charge in [0.05, 0.1) is 6.26 Å². The van der Waals surface area contributed by atoms with Gasteiger partial charge in [0.1, 0.15) is 5.58 Å². The third-order valence-electron chi connectivity index (χ3n) is 2.75. The zero-order valence-electron chi connectivity index (χ0n) is 9.60. The molecule has 0 aliphatic carbocycles. The average molecular weight is 275 g/mol. The van der Waals surface area contributed by atoms with Gasteiger partial charge in [-0.2, -0.15) is 0 Å². The fourth-order valence-electron chi connectivity index (χ4n) is 1.86. The molecule has 0 radical (unpaired) electrons. The van der Waals surface area contributed by atoms with Gasteiger partial charge in [0.15, 0.2) is 0 Å². The van der Waals surface area contributed by atoms with Crippen molar-refractivity contribution < 1.29 is 4.42 Å². The number of furan rings is 1. The van der Waals surface area contributed by atoms with Crippen LogP contribution in [0.15, 0.2) is 64.1 Å². The Morgan fingerprint density at radius 2 is 1.94 bits per heavy atom. The van der Waals surface area contributed by atoms with Crippen LogP contribution in [0.3, 0.4) is 0 Å². The fraction of sp³-hybridized carbons (Fsp3) is 0.0667. The number of fused-ring (bicyclic) bond motifs is 1. The van der Waals surface area contributed by atoms with E-state index in [1.807, 2.05) is 42.7 Å². The highest BCUT2D eigenvalue weighted by molar-refractivity contribution is 7.98. The molecule has 90 valence electrons. The van der Waals surface area contributed by atoms with E-state index >= 15 is 0 Å². The minimum atomic E-state index is 0.775. The van der Waals surface area contributed by atoms with Gasteiger partial charge in [0.25, 0.3) is 0 Å². The Morgan fingerprint density at radius 1 is 1.06 bits per heavy atom. The van der Waals surface area contributed by atoms with Crippen molar-refractivity contribution in [3.8, 4) is 0 Å². The van der Waals surface area contributed by atoms with E-state index in [0.29, 0.717) is 0 Å². The van der Waals surface area contributed by atoms with Gasteiger partial charge in [0, 0.05) is 26.6 Å². The van der Waals surface area contributed by atoms with E-state index in [9.17, 15) is 0 Å². The van der Waals surface area contributed by atoms with Crippen LogP contribution in [0.5, 0.6) is 0 Å². The van der Waals surface area contributed by atoms with Gasteiger partial charge in [0.2, 0.25) is 0 Å². The normalized spacial score (nSPS) is 10.9. The summed E-state index contributed by atoms with van der Waals surface area (Å²) in [6.07, 6.45) is 1.84. The lowest BCUT2D eigenvalue weighted by atomic mass is 10.2. The van der Waals surface area contributed by atoms with Crippen LogP contribution in [0.25, 0.3) is 11.0 Å². The van der Waals surface area contributed by atoms with Crippen LogP contribution in [0.4, 0.5) is 0 Å². The monoisotopic (exact) mass is 274 g/mol. The molecule has 0 aliphatic heterocycles. The van der Waals surface area contributed by atoms with Crippen LogP contribution in [-0.4, -0.2) is 0 Å². The minimum absolute atomic E-state index is 0.775. The summed E-state index contributed by atoms with van der Waals surface area (Å²) in [6, 6.07) is 16.0. The van der Waals surface area contributed by atoms with Crippen molar-refractivity contribution in [3.05, 3.63) is 65.4 Å². The molecule has 0 N–H and O–H groups in total. The van der Waals surface area contributed by atoms with Crippen molar-refractivity contribution in [3.63, 3.8) is 0 Å². The van der Waals surface area contributed by atoms with E-state index in [-0.39, 0.29) is 0 Å². The van der Waals surface area contributed by atoms with E-state index in [2.05, 4.69) is 12.1 Å². The van der Waals surface area contributed by atoms with E-state index < -0.39 is 0 Å². The second kappa shape index (κ2) is 5.09. The maximum absolute atomic E-state index is 5.97. The lowest BCUT2D eigenvalue weighted by molar-refractivity contribution is 0.612. The molecule has 0 saturated heterocycles. The highest BCUT2D eigenvalue weighted by Gasteiger charge is 2.05. The van der Waals surface area contributed by atoms with Gasteiger partial charge in [-0.1, -0.05) is 35.9 Å². The summed E-state index contributed by atoms with van der Waals surface area (Å²) in [6.45, 7) is 0. The van der Waals surface area contributed by atoms with Crippen LogP contribution < -0.4 is 0 Å². The van der Waals surface area contributed by atoms with Crippen LogP contribution in [0, 0.1) is 0 Å². The largest absolute Gasteiger partial charge is 0.464 e. The predicted octanol–water partition coefficient (Wildman–Crippen LogP) is 5.38. The Bertz CT molecular complexity index is 675. The first kappa shape index (κ1) is 11.7. The molecule has 0 amide bonds. The Hall–Kier alpha value is -1.38. The molecule has 0 spiro atoms. The summed E-state index contributed by atoms with van der Waals surface area (Å²) >= 11 is 7.73. The van der Waals surface area contributed by atoms with E-state index in [4.69, 9.17) is 16.0 Å². The molecule has 0 atom stereocenters. The second-order valence-corrected chi connectivity index (χ2v) is 5.49. The molecular weight excluding hydrogens is 264 g/mol. The van der Waals surface area contributed by atoms with Crippen LogP contribution in [0.2, 0.25) is 5.02 Å². The highest BCUT2D eigenvalue weighted by Crippen LogP contribution is 2.29. The number of hydrogen-bond acceptors (Lipinski definition) is 2. The van der Waals surface area contributed by atoms with Gasteiger partial charge in [-0.15, -0.1) is 11.8 Å². The first-order chi connectivity index (χ1) is 8.83. The molecule has 3 rings (SSSR count). The van der Waals surface area contributed by atoms with Gasteiger partial charge in [-0.3, -0.25) is 0 Å². The zero-order chi connectivity index (χ0) is 12.4. The zero-order valence-corrected chi connectivity index (χ0v) is 11.2.